The summed E-state index contributed by atoms with van der Waals surface area (Å²) in [6.07, 6.45) is 4.73. The van der Waals surface area contributed by atoms with E-state index in [-0.39, 0.29) is 5.91 Å². The van der Waals surface area contributed by atoms with Crippen LogP contribution in [0.25, 0.3) is 0 Å². The van der Waals surface area contributed by atoms with Crippen molar-refractivity contribution < 1.29 is 9.53 Å². The Balaban J connectivity index is 1.71. The molecule has 1 aromatic heterocycles. The Morgan fingerprint density at radius 1 is 1.45 bits per heavy atom. The van der Waals surface area contributed by atoms with Gasteiger partial charge in [-0.25, -0.2) is 4.98 Å². The molecule has 1 saturated heterocycles. The molecule has 2 aromatic rings. The minimum atomic E-state index is 0.0923. The van der Waals surface area contributed by atoms with Crippen LogP contribution in [0.1, 0.15) is 34.1 Å². The van der Waals surface area contributed by atoms with Crippen LogP contribution in [0.2, 0.25) is 0 Å². The zero-order valence-corrected chi connectivity index (χ0v) is 13.0. The van der Waals surface area contributed by atoms with Gasteiger partial charge in [-0.1, -0.05) is 12.1 Å². The normalized spacial score (nSPS) is 17.9. The van der Waals surface area contributed by atoms with E-state index in [0.717, 1.165) is 36.5 Å². The van der Waals surface area contributed by atoms with Crippen molar-refractivity contribution >= 4 is 5.91 Å². The number of ether oxygens (including phenoxy) is 1. The number of likely N-dealkylation sites (tertiary alicyclic amines) is 1. The lowest BCUT2D eigenvalue weighted by Gasteiger charge is -2.17. The number of aryl methyl sites for hydroxylation is 1. The summed E-state index contributed by atoms with van der Waals surface area (Å²) >= 11 is 0. The quantitative estimate of drug-likeness (QED) is 0.869. The Labute approximate surface area is 130 Å². The van der Waals surface area contributed by atoms with Gasteiger partial charge in [0.1, 0.15) is 5.82 Å². The van der Waals surface area contributed by atoms with Crippen LogP contribution in [0.15, 0.2) is 36.7 Å². The smallest absolute Gasteiger partial charge is 0.253 e. The number of methoxy groups -OCH3 is 1. The van der Waals surface area contributed by atoms with E-state index < -0.39 is 0 Å². The number of hydrogen-bond acceptors (Lipinski definition) is 3. The van der Waals surface area contributed by atoms with Gasteiger partial charge in [-0.3, -0.25) is 4.79 Å². The SMILES string of the molecule is COCc1cccc(C(=O)N2CCC(c3nccn3C)C2)c1. The number of carbonyl (C=O) groups is 1. The zero-order valence-electron chi connectivity index (χ0n) is 13.0. The van der Waals surface area contributed by atoms with Gasteiger partial charge in [0, 0.05) is 51.1 Å². The van der Waals surface area contributed by atoms with Crippen molar-refractivity contribution in [3.05, 3.63) is 53.6 Å². The molecule has 0 saturated carbocycles. The highest BCUT2D eigenvalue weighted by molar-refractivity contribution is 5.94. The number of benzene rings is 1. The number of nitrogens with zero attached hydrogens (tertiary/aromatic N) is 3. The first-order valence-electron chi connectivity index (χ1n) is 7.53. The second-order valence-electron chi connectivity index (χ2n) is 5.77. The van der Waals surface area contributed by atoms with Gasteiger partial charge in [0.05, 0.1) is 6.61 Å². The summed E-state index contributed by atoms with van der Waals surface area (Å²) in [5.41, 5.74) is 1.75. The molecule has 3 rings (SSSR count). The van der Waals surface area contributed by atoms with E-state index >= 15 is 0 Å². The molecule has 2 heterocycles. The fourth-order valence-electron chi connectivity index (χ4n) is 3.07. The van der Waals surface area contributed by atoms with Gasteiger partial charge in [0.15, 0.2) is 0 Å². The Bertz CT molecular complexity index is 665. The van der Waals surface area contributed by atoms with E-state index in [1.165, 1.54) is 0 Å². The van der Waals surface area contributed by atoms with Crippen molar-refractivity contribution in [3.8, 4) is 0 Å². The van der Waals surface area contributed by atoms with Gasteiger partial charge < -0.3 is 14.2 Å². The van der Waals surface area contributed by atoms with Gasteiger partial charge in [-0.2, -0.15) is 0 Å². The molecule has 5 nitrogen and oxygen atoms in total. The van der Waals surface area contributed by atoms with Gasteiger partial charge in [0.2, 0.25) is 0 Å². The van der Waals surface area contributed by atoms with Gasteiger partial charge in [-0.15, -0.1) is 0 Å². The highest BCUT2D eigenvalue weighted by Crippen LogP contribution is 2.26. The van der Waals surface area contributed by atoms with Crippen molar-refractivity contribution in [3.63, 3.8) is 0 Å². The average Bonchev–Trinajstić information content (AvgIpc) is 3.15. The summed E-state index contributed by atoms with van der Waals surface area (Å²) in [6, 6.07) is 7.67. The standard InChI is InChI=1S/C17H21N3O2/c1-19-9-7-18-16(19)15-6-8-20(11-15)17(21)14-5-3-4-13(10-14)12-22-2/h3-5,7,9-10,15H,6,8,11-12H2,1-2H3. The van der Waals surface area contributed by atoms with Crippen LogP contribution >= 0.6 is 0 Å². The summed E-state index contributed by atoms with van der Waals surface area (Å²) in [5, 5.41) is 0. The Morgan fingerprint density at radius 2 is 2.32 bits per heavy atom. The average molecular weight is 299 g/mol. The predicted octanol–water partition coefficient (Wildman–Crippen LogP) is 2.20. The molecule has 5 heteroatoms. The second kappa shape index (κ2) is 6.32. The lowest BCUT2D eigenvalue weighted by Crippen LogP contribution is -2.28. The molecule has 1 aliphatic rings. The molecular weight excluding hydrogens is 278 g/mol. The van der Waals surface area contributed by atoms with Gasteiger partial charge >= 0.3 is 0 Å². The van der Waals surface area contributed by atoms with Crippen molar-refractivity contribution in [1.82, 2.24) is 14.5 Å². The molecule has 1 aliphatic heterocycles. The molecule has 0 N–H and O–H groups in total. The summed E-state index contributed by atoms with van der Waals surface area (Å²) in [4.78, 5) is 19.0. The van der Waals surface area contributed by atoms with Crippen LogP contribution in [0.4, 0.5) is 0 Å². The summed E-state index contributed by atoms with van der Waals surface area (Å²) in [6.45, 7) is 2.04. The number of hydrogen-bond donors (Lipinski definition) is 0. The first-order valence-corrected chi connectivity index (χ1v) is 7.53. The van der Waals surface area contributed by atoms with Crippen LogP contribution in [0.3, 0.4) is 0 Å². The molecule has 1 atom stereocenters. The fourth-order valence-corrected chi connectivity index (χ4v) is 3.07. The van der Waals surface area contributed by atoms with Gasteiger partial charge in [-0.05, 0) is 24.1 Å². The van der Waals surface area contributed by atoms with Crippen molar-refractivity contribution in [1.29, 1.82) is 0 Å². The third-order valence-electron chi connectivity index (χ3n) is 4.18. The molecule has 116 valence electrons. The maximum atomic E-state index is 12.7. The summed E-state index contributed by atoms with van der Waals surface area (Å²) in [7, 11) is 3.66. The molecule has 0 spiro atoms. The van der Waals surface area contributed by atoms with Crippen molar-refractivity contribution in [2.75, 3.05) is 20.2 Å². The minimum Gasteiger partial charge on any atom is -0.380 e. The minimum absolute atomic E-state index is 0.0923. The van der Waals surface area contributed by atoms with Crippen LogP contribution in [0.5, 0.6) is 0 Å². The van der Waals surface area contributed by atoms with Crippen LogP contribution in [0, 0.1) is 0 Å². The summed E-state index contributed by atoms with van der Waals surface area (Å²) < 4.78 is 7.17. The maximum Gasteiger partial charge on any atom is 0.253 e. The Morgan fingerprint density at radius 3 is 3.05 bits per heavy atom. The number of rotatable bonds is 4. The molecule has 22 heavy (non-hydrogen) atoms. The van der Waals surface area contributed by atoms with Crippen LogP contribution in [-0.4, -0.2) is 40.6 Å². The topological polar surface area (TPSA) is 47.4 Å². The Kier molecular flexibility index (Phi) is 4.24. The van der Waals surface area contributed by atoms with E-state index in [1.807, 2.05) is 53.2 Å². The first-order chi connectivity index (χ1) is 10.7. The molecule has 1 fully saturated rings. The number of aromatic nitrogens is 2. The number of imidazole rings is 1. The molecule has 0 bridgehead atoms. The third-order valence-corrected chi connectivity index (χ3v) is 4.18. The van der Waals surface area contributed by atoms with E-state index in [2.05, 4.69) is 4.98 Å². The lowest BCUT2D eigenvalue weighted by atomic mass is 10.1. The molecule has 0 radical (unpaired) electrons. The van der Waals surface area contributed by atoms with E-state index in [9.17, 15) is 4.79 Å². The molecule has 1 aromatic carbocycles. The first kappa shape index (κ1) is 14.8. The zero-order chi connectivity index (χ0) is 15.5. The second-order valence-corrected chi connectivity index (χ2v) is 5.77. The molecular formula is C17H21N3O2. The number of amides is 1. The van der Waals surface area contributed by atoms with E-state index in [4.69, 9.17) is 4.74 Å². The predicted molar refractivity (Wildman–Crippen MR) is 83.6 cm³/mol. The highest BCUT2D eigenvalue weighted by Gasteiger charge is 2.30. The van der Waals surface area contributed by atoms with Crippen molar-refractivity contribution in [2.24, 2.45) is 7.05 Å². The molecule has 0 aliphatic carbocycles. The molecule has 1 amide bonds. The maximum absolute atomic E-state index is 12.7. The van der Waals surface area contributed by atoms with Crippen molar-refractivity contribution in [2.45, 2.75) is 18.9 Å². The highest BCUT2D eigenvalue weighted by atomic mass is 16.5. The van der Waals surface area contributed by atoms with E-state index in [1.54, 1.807) is 7.11 Å². The van der Waals surface area contributed by atoms with E-state index in [0.29, 0.717) is 12.5 Å². The van der Waals surface area contributed by atoms with Crippen LogP contribution < -0.4 is 0 Å². The number of carbonyl (C=O) groups excluding carboxylic acids is 1. The lowest BCUT2D eigenvalue weighted by molar-refractivity contribution is 0.0790. The third kappa shape index (κ3) is 2.90. The largest absolute Gasteiger partial charge is 0.380 e. The molecule has 1 unspecified atom stereocenters. The monoisotopic (exact) mass is 299 g/mol. The van der Waals surface area contributed by atoms with Gasteiger partial charge in [0.25, 0.3) is 5.91 Å². The Hall–Kier alpha value is -2.14. The summed E-state index contributed by atoms with van der Waals surface area (Å²) in [5.74, 6) is 1.48. The fraction of sp³-hybridized carbons (Fsp3) is 0.412. The van der Waals surface area contributed by atoms with Crippen LogP contribution in [-0.2, 0) is 18.4 Å².